The Labute approximate surface area is 170 Å². The van der Waals surface area contributed by atoms with Gasteiger partial charge < -0.3 is 10.2 Å². The molecule has 7 nitrogen and oxygen atoms in total. The molecule has 28 heavy (non-hydrogen) atoms. The van der Waals surface area contributed by atoms with Crippen molar-refractivity contribution < 1.29 is 13.2 Å². The average molecular weight is 423 g/mol. The van der Waals surface area contributed by atoms with Crippen LogP contribution >= 0.6 is 11.3 Å². The van der Waals surface area contributed by atoms with Crippen molar-refractivity contribution in [2.45, 2.75) is 44.2 Å². The molecule has 0 spiro atoms. The standard InChI is InChI=1S/C19H26N4O3S2/c1-3-22(4-2)28(25,26)16-9-7-15(8-10-16)14-21-18(24)17-6-5-12-23(17)19-20-11-13-27-19/h7-11,13,17H,3-6,12,14H2,1-2H3,(H,21,24). The Kier molecular flexibility index (Phi) is 6.69. The number of benzene rings is 1. The summed E-state index contributed by atoms with van der Waals surface area (Å²) in [5.74, 6) is -0.0208. The van der Waals surface area contributed by atoms with E-state index in [1.807, 2.05) is 19.2 Å². The Hall–Kier alpha value is -1.97. The van der Waals surface area contributed by atoms with E-state index in [0.29, 0.717) is 19.6 Å². The van der Waals surface area contributed by atoms with Gasteiger partial charge in [0.1, 0.15) is 6.04 Å². The number of hydrogen-bond donors (Lipinski definition) is 1. The molecule has 0 aliphatic carbocycles. The van der Waals surface area contributed by atoms with Gasteiger partial charge in [-0.05, 0) is 30.5 Å². The van der Waals surface area contributed by atoms with Crippen LogP contribution < -0.4 is 10.2 Å². The van der Waals surface area contributed by atoms with Crippen LogP contribution in [-0.4, -0.2) is 49.3 Å². The van der Waals surface area contributed by atoms with Crippen molar-refractivity contribution in [3.63, 3.8) is 0 Å². The van der Waals surface area contributed by atoms with E-state index in [9.17, 15) is 13.2 Å². The van der Waals surface area contributed by atoms with Crippen LogP contribution in [-0.2, 0) is 21.4 Å². The highest BCUT2D eigenvalue weighted by Crippen LogP contribution is 2.27. The Morgan fingerprint density at radius 1 is 1.29 bits per heavy atom. The number of nitrogens with one attached hydrogen (secondary N) is 1. The van der Waals surface area contributed by atoms with Gasteiger partial charge in [-0.2, -0.15) is 4.31 Å². The summed E-state index contributed by atoms with van der Waals surface area (Å²) in [5.41, 5.74) is 0.866. The molecule has 1 amide bonds. The van der Waals surface area contributed by atoms with Gasteiger partial charge >= 0.3 is 0 Å². The fourth-order valence-electron chi connectivity index (χ4n) is 3.42. The predicted octanol–water partition coefficient (Wildman–Crippen LogP) is 2.46. The lowest BCUT2D eigenvalue weighted by molar-refractivity contribution is -0.122. The number of amides is 1. The van der Waals surface area contributed by atoms with Gasteiger partial charge in [-0.25, -0.2) is 13.4 Å². The lowest BCUT2D eigenvalue weighted by atomic mass is 10.2. The number of carbonyl (C=O) groups is 1. The SMILES string of the molecule is CCN(CC)S(=O)(=O)c1ccc(CNC(=O)C2CCCN2c2nccs2)cc1. The molecule has 0 saturated carbocycles. The van der Waals surface area contributed by atoms with E-state index in [0.717, 1.165) is 30.1 Å². The molecule has 0 bridgehead atoms. The molecule has 2 heterocycles. The number of anilines is 1. The lowest BCUT2D eigenvalue weighted by Gasteiger charge is -2.23. The Morgan fingerprint density at radius 3 is 2.61 bits per heavy atom. The number of rotatable bonds is 8. The van der Waals surface area contributed by atoms with E-state index in [1.165, 1.54) is 15.6 Å². The third-order valence-electron chi connectivity index (χ3n) is 4.95. The minimum absolute atomic E-state index is 0.0208. The van der Waals surface area contributed by atoms with Gasteiger partial charge in [0.15, 0.2) is 5.13 Å². The molecule has 3 rings (SSSR count). The number of carbonyl (C=O) groups excluding carboxylic acids is 1. The Bertz CT molecular complexity index is 878. The second-order valence-corrected chi connectivity index (χ2v) is 9.43. The van der Waals surface area contributed by atoms with Crippen molar-refractivity contribution in [1.29, 1.82) is 0 Å². The molecule has 1 aliphatic rings. The molecule has 1 N–H and O–H groups in total. The van der Waals surface area contributed by atoms with Gasteiger partial charge in [0.25, 0.3) is 0 Å². The molecule has 1 saturated heterocycles. The first-order valence-corrected chi connectivity index (χ1v) is 11.8. The van der Waals surface area contributed by atoms with E-state index >= 15 is 0 Å². The monoisotopic (exact) mass is 422 g/mol. The fraction of sp³-hybridized carbons (Fsp3) is 0.474. The number of sulfonamides is 1. The van der Waals surface area contributed by atoms with Crippen molar-refractivity contribution >= 4 is 32.4 Å². The molecule has 2 aromatic rings. The van der Waals surface area contributed by atoms with Gasteiger partial charge in [0.05, 0.1) is 4.90 Å². The van der Waals surface area contributed by atoms with Crippen LogP contribution in [0.1, 0.15) is 32.3 Å². The third-order valence-corrected chi connectivity index (χ3v) is 7.83. The van der Waals surface area contributed by atoms with Crippen LogP contribution in [0, 0.1) is 0 Å². The molecular formula is C19H26N4O3S2. The highest BCUT2D eigenvalue weighted by Gasteiger charge is 2.32. The molecule has 0 radical (unpaired) electrons. The van der Waals surface area contributed by atoms with Gasteiger partial charge in [-0.3, -0.25) is 4.79 Å². The summed E-state index contributed by atoms with van der Waals surface area (Å²) >= 11 is 1.54. The van der Waals surface area contributed by atoms with E-state index in [4.69, 9.17) is 0 Å². The Balaban J connectivity index is 1.61. The molecular weight excluding hydrogens is 396 g/mol. The molecule has 152 valence electrons. The zero-order chi connectivity index (χ0) is 20.1. The smallest absolute Gasteiger partial charge is 0.243 e. The second kappa shape index (κ2) is 9.02. The van der Waals surface area contributed by atoms with Crippen molar-refractivity contribution in [3.05, 3.63) is 41.4 Å². The predicted molar refractivity (Wildman–Crippen MR) is 111 cm³/mol. The van der Waals surface area contributed by atoms with Crippen LogP contribution in [0.2, 0.25) is 0 Å². The zero-order valence-electron chi connectivity index (χ0n) is 16.2. The number of thiazole rings is 1. The highest BCUT2D eigenvalue weighted by atomic mass is 32.2. The summed E-state index contributed by atoms with van der Waals surface area (Å²) in [6.07, 6.45) is 3.53. The molecule has 1 atom stereocenters. The zero-order valence-corrected chi connectivity index (χ0v) is 17.8. The Morgan fingerprint density at radius 2 is 2.00 bits per heavy atom. The number of aromatic nitrogens is 1. The van der Waals surface area contributed by atoms with Crippen LogP contribution in [0.25, 0.3) is 0 Å². The van der Waals surface area contributed by atoms with Gasteiger partial charge in [-0.15, -0.1) is 11.3 Å². The summed E-state index contributed by atoms with van der Waals surface area (Å²) < 4.78 is 26.5. The van der Waals surface area contributed by atoms with E-state index in [1.54, 1.807) is 30.5 Å². The summed E-state index contributed by atoms with van der Waals surface area (Å²) in [6, 6.07) is 6.51. The third kappa shape index (κ3) is 4.37. The summed E-state index contributed by atoms with van der Waals surface area (Å²) in [6.45, 7) is 5.73. The maximum Gasteiger partial charge on any atom is 0.243 e. The summed E-state index contributed by atoms with van der Waals surface area (Å²) in [7, 11) is -3.46. The quantitative estimate of drug-likeness (QED) is 0.707. The molecule has 1 unspecified atom stereocenters. The number of hydrogen-bond acceptors (Lipinski definition) is 6. The highest BCUT2D eigenvalue weighted by molar-refractivity contribution is 7.89. The molecule has 1 aromatic carbocycles. The van der Waals surface area contributed by atoms with Crippen LogP contribution in [0.3, 0.4) is 0 Å². The lowest BCUT2D eigenvalue weighted by Crippen LogP contribution is -2.43. The van der Waals surface area contributed by atoms with Crippen LogP contribution in [0.4, 0.5) is 5.13 Å². The molecule has 1 aromatic heterocycles. The van der Waals surface area contributed by atoms with E-state index < -0.39 is 10.0 Å². The molecule has 1 aliphatic heterocycles. The second-order valence-electron chi connectivity index (χ2n) is 6.62. The van der Waals surface area contributed by atoms with Gasteiger partial charge in [0, 0.05) is 37.8 Å². The average Bonchev–Trinajstić information content (AvgIpc) is 3.38. The minimum atomic E-state index is -3.46. The van der Waals surface area contributed by atoms with Crippen molar-refractivity contribution in [1.82, 2.24) is 14.6 Å². The van der Waals surface area contributed by atoms with Crippen molar-refractivity contribution in [2.75, 3.05) is 24.5 Å². The number of nitrogens with zero attached hydrogens (tertiary/aromatic N) is 3. The first-order valence-electron chi connectivity index (χ1n) is 9.50. The summed E-state index contributed by atoms with van der Waals surface area (Å²) in [5, 5.41) is 5.76. The van der Waals surface area contributed by atoms with E-state index in [-0.39, 0.29) is 16.8 Å². The first-order chi connectivity index (χ1) is 13.5. The maximum absolute atomic E-state index is 12.6. The summed E-state index contributed by atoms with van der Waals surface area (Å²) in [4.78, 5) is 19.3. The van der Waals surface area contributed by atoms with Gasteiger partial charge in [0.2, 0.25) is 15.9 Å². The van der Waals surface area contributed by atoms with Crippen molar-refractivity contribution in [3.8, 4) is 0 Å². The normalized spacial score (nSPS) is 17.2. The van der Waals surface area contributed by atoms with Crippen LogP contribution in [0.15, 0.2) is 40.7 Å². The van der Waals surface area contributed by atoms with Crippen molar-refractivity contribution in [2.24, 2.45) is 0 Å². The first kappa shape index (κ1) is 20.8. The molecule has 1 fully saturated rings. The molecule has 9 heteroatoms. The largest absolute Gasteiger partial charge is 0.350 e. The minimum Gasteiger partial charge on any atom is -0.350 e. The fourth-order valence-corrected chi connectivity index (χ4v) is 5.60. The maximum atomic E-state index is 12.6. The topological polar surface area (TPSA) is 82.6 Å². The van der Waals surface area contributed by atoms with Crippen LogP contribution in [0.5, 0.6) is 0 Å². The van der Waals surface area contributed by atoms with E-state index in [2.05, 4.69) is 15.2 Å². The van der Waals surface area contributed by atoms with Gasteiger partial charge in [-0.1, -0.05) is 26.0 Å².